The molecule has 1 saturated carbocycles. The molecule has 7 nitrogen and oxygen atoms in total. The molecule has 0 unspecified atom stereocenters. The van der Waals surface area contributed by atoms with Gasteiger partial charge in [-0.2, -0.15) is 15.0 Å². The van der Waals surface area contributed by atoms with Crippen LogP contribution in [0.3, 0.4) is 0 Å². The molecule has 0 bridgehead atoms. The summed E-state index contributed by atoms with van der Waals surface area (Å²) in [5, 5.41) is 16.0. The van der Waals surface area contributed by atoms with Gasteiger partial charge in [-0.3, -0.25) is 0 Å². The zero-order valence-corrected chi connectivity index (χ0v) is 13.1. The van der Waals surface area contributed by atoms with Gasteiger partial charge in [0.2, 0.25) is 17.8 Å². The molecule has 7 heteroatoms. The zero-order chi connectivity index (χ0) is 15.2. The minimum absolute atomic E-state index is 0.112. The predicted molar refractivity (Wildman–Crippen MR) is 84.8 cm³/mol. The minimum atomic E-state index is -0.112. The molecule has 1 heterocycles. The Kier molecular flexibility index (Phi) is 5.55. The number of nitrogens with zero attached hydrogens (tertiary/aromatic N) is 4. The lowest BCUT2D eigenvalue weighted by atomic mass is 9.87. The smallest absolute Gasteiger partial charge is 0.231 e. The molecule has 1 aromatic rings. The van der Waals surface area contributed by atoms with Crippen LogP contribution in [-0.2, 0) is 0 Å². The van der Waals surface area contributed by atoms with Crippen molar-refractivity contribution < 1.29 is 5.11 Å². The number of aromatic nitrogens is 3. The van der Waals surface area contributed by atoms with Crippen molar-refractivity contribution in [3.63, 3.8) is 0 Å². The molecule has 118 valence electrons. The summed E-state index contributed by atoms with van der Waals surface area (Å²) in [6.45, 7) is 3.63. The van der Waals surface area contributed by atoms with Crippen molar-refractivity contribution in [1.29, 1.82) is 0 Å². The molecular formula is C14H26N6O. The zero-order valence-electron chi connectivity index (χ0n) is 13.1. The van der Waals surface area contributed by atoms with Crippen molar-refractivity contribution in [1.82, 2.24) is 15.0 Å². The predicted octanol–water partition coefficient (Wildman–Crippen LogP) is 1.33. The molecule has 0 aromatic carbocycles. The summed E-state index contributed by atoms with van der Waals surface area (Å²) in [5.41, 5.74) is 0. The maximum absolute atomic E-state index is 9.54. The standard InChI is InChI=1S/C14H26N6O/c1-4-15-12-17-13(19-14(18-12)20(2)3)16-9-10-5-7-11(21)8-6-10/h10-11,21H,4-9H2,1-3H3,(H2,15,16,17,18,19). The van der Waals surface area contributed by atoms with E-state index < -0.39 is 0 Å². The van der Waals surface area contributed by atoms with Crippen molar-refractivity contribution in [2.75, 3.05) is 42.7 Å². The van der Waals surface area contributed by atoms with Gasteiger partial charge in [0.15, 0.2) is 0 Å². The van der Waals surface area contributed by atoms with E-state index in [1.807, 2.05) is 25.9 Å². The first-order chi connectivity index (χ1) is 10.1. The Balaban J connectivity index is 1.98. The van der Waals surface area contributed by atoms with Gasteiger partial charge in [-0.1, -0.05) is 0 Å². The highest BCUT2D eigenvalue weighted by Gasteiger charge is 2.19. The molecule has 0 radical (unpaired) electrons. The summed E-state index contributed by atoms with van der Waals surface area (Å²) in [6.07, 6.45) is 3.79. The number of hydrogen-bond acceptors (Lipinski definition) is 7. The summed E-state index contributed by atoms with van der Waals surface area (Å²) in [7, 11) is 3.83. The average Bonchev–Trinajstić information content (AvgIpc) is 2.47. The van der Waals surface area contributed by atoms with E-state index in [9.17, 15) is 5.11 Å². The fourth-order valence-corrected chi connectivity index (χ4v) is 2.47. The summed E-state index contributed by atoms with van der Waals surface area (Å²) in [6, 6.07) is 0. The van der Waals surface area contributed by atoms with Crippen LogP contribution in [0, 0.1) is 5.92 Å². The monoisotopic (exact) mass is 294 g/mol. The molecule has 3 N–H and O–H groups in total. The second-order valence-electron chi connectivity index (χ2n) is 5.76. The molecule has 0 atom stereocenters. The Bertz CT molecular complexity index is 445. The second-order valence-corrected chi connectivity index (χ2v) is 5.76. The number of anilines is 3. The molecule has 0 saturated heterocycles. The van der Waals surface area contributed by atoms with Crippen LogP contribution in [0.2, 0.25) is 0 Å². The van der Waals surface area contributed by atoms with Gasteiger partial charge in [0.05, 0.1) is 6.10 Å². The fourth-order valence-electron chi connectivity index (χ4n) is 2.47. The third-order valence-electron chi connectivity index (χ3n) is 3.72. The van der Waals surface area contributed by atoms with Crippen molar-refractivity contribution in [2.24, 2.45) is 5.92 Å². The van der Waals surface area contributed by atoms with Crippen molar-refractivity contribution in [3.05, 3.63) is 0 Å². The van der Waals surface area contributed by atoms with Gasteiger partial charge >= 0.3 is 0 Å². The highest BCUT2D eigenvalue weighted by Crippen LogP contribution is 2.24. The third-order valence-corrected chi connectivity index (χ3v) is 3.72. The fraction of sp³-hybridized carbons (Fsp3) is 0.786. The van der Waals surface area contributed by atoms with Crippen LogP contribution in [0.25, 0.3) is 0 Å². The van der Waals surface area contributed by atoms with Crippen LogP contribution in [0.1, 0.15) is 32.6 Å². The Morgan fingerprint density at radius 2 is 1.67 bits per heavy atom. The van der Waals surface area contributed by atoms with Crippen LogP contribution in [0.15, 0.2) is 0 Å². The normalized spacial score (nSPS) is 21.9. The Morgan fingerprint density at radius 3 is 2.24 bits per heavy atom. The maximum atomic E-state index is 9.54. The molecule has 0 spiro atoms. The van der Waals surface area contributed by atoms with E-state index in [2.05, 4.69) is 25.6 Å². The molecule has 1 aliphatic rings. The van der Waals surface area contributed by atoms with Crippen LogP contribution in [0.5, 0.6) is 0 Å². The lowest BCUT2D eigenvalue weighted by Crippen LogP contribution is -2.24. The van der Waals surface area contributed by atoms with E-state index in [-0.39, 0.29) is 6.10 Å². The van der Waals surface area contributed by atoms with Gasteiger partial charge in [-0.05, 0) is 38.5 Å². The molecule has 2 rings (SSSR count). The van der Waals surface area contributed by atoms with Crippen molar-refractivity contribution >= 4 is 17.8 Å². The van der Waals surface area contributed by atoms with Gasteiger partial charge in [-0.25, -0.2) is 0 Å². The van der Waals surface area contributed by atoms with Crippen molar-refractivity contribution in [3.8, 4) is 0 Å². The second kappa shape index (κ2) is 7.40. The molecule has 1 fully saturated rings. The Labute approximate surface area is 126 Å². The summed E-state index contributed by atoms with van der Waals surface area (Å²) in [4.78, 5) is 15.0. The van der Waals surface area contributed by atoms with Gasteiger partial charge in [0.25, 0.3) is 0 Å². The van der Waals surface area contributed by atoms with Gasteiger partial charge in [0.1, 0.15) is 0 Å². The van der Waals surface area contributed by atoms with Crippen molar-refractivity contribution in [2.45, 2.75) is 38.7 Å². The molecule has 1 aromatic heterocycles. The molecular weight excluding hydrogens is 268 g/mol. The SMILES string of the molecule is CCNc1nc(NCC2CCC(O)CC2)nc(N(C)C)n1. The number of hydrogen-bond donors (Lipinski definition) is 3. The van der Waals surface area contributed by atoms with E-state index in [1.54, 1.807) is 0 Å². The maximum Gasteiger partial charge on any atom is 0.231 e. The third kappa shape index (κ3) is 4.70. The molecule has 0 amide bonds. The number of aliphatic hydroxyl groups excluding tert-OH is 1. The van der Waals surface area contributed by atoms with Gasteiger partial charge < -0.3 is 20.6 Å². The summed E-state index contributed by atoms with van der Waals surface area (Å²) >= 11 is 0. The molecule has 21 heavy (non-hydrogen) atoms. The molecule has 1 aliphatic carbocycles. The van der Waals surface area contributed by atoms with E-state index in [0.717, 1.165) is 38.8 Å². The van der Waals surface area contributed by atoms with Crippen LogP contribution >= 0.6 is 0 Å². The minimum Gasteiger partial charge on any atom is -0.393 e. The van der Waals surface area contributed by atoms with Crippen LogP contribution in [0.4, 0.5) is 17.8 Å². The number of rotatable bonds is 6. The lowest BCUT2D eigenvalue weighted by molar-refractivity contribution is 0.111. The first kappa shape index (κ1) is 15.8. The quantitative estimate of drug-likeness (QED) is 0.729. The van der Waals surface area contributed by atoms with E-state index in [0.29, 0.717) is 23.8 Å². The van der Waals surface area contributed by atoms with Crippen LogP contribution in [-0.4, -0.2) is 53.3 Å². The number of nitrogens with one attached hydrogen (secondary N) is 2. The van der Waals surface area contributed by atoms with E-state index in [4.69, 9.17) is 0 Å². The topological polar surface area (TPSA) is 86.2 Å². The Hall–Kier alpha value is -1.63. The highest BCUT2D eigenvalue weighted by atomic mass is 16.3. The van der Waals surface area contributed by atoms with Crippen LogP contribution < -0.4 is 15.5 Å². The van der Waals surface area contributed by atoms with Gasteiger partial charge in [-0.15, -0.1) is 0 Å². The first-order valence-corrected chi connectivity index (χ1v) is 7.67. The first-order valence-electron chi connectivity index (χ1n) is 7.67. The largest absolute Gasteiger partial charge is 0.393 e. The van der Waals surface area contributed by atoms with E-state index in [1.165, 1.54) is 0 Å². The Morgan fingerprint density at radius 1 is 1.05 bits per heavy atom. The lowest BCUT2D eigenvalue weighted by Gasteiger charge is -2.25. The van der Waals surface area contributed by atoms with E-state index >= 15 is 0 Å². The highest BCUT2D eigenvalue weighted by molar-refractivity contribution is 5.42. The number of aliphatic hydroxyl groups is 1. The summed E-state index contributed by atoms with van der Waals surface area (Å²) < 4.78 is 0. The average molecular weight is 294 g/mol. The van der Waals surface area contributed by atoms with Gasteiger partial charge in [0, 0.05) is 27.2 Å². The molecule has 0 aliphatic heterocycles. The summed E-state index contributed by atoms with van der Waals surface area (Å²) in [5.74, 6) is 2.42.